The van der Waals surface area contributed by atoms with Crippen LogP contribution in [0, 0.1) is 15.9 Å². The van der Waals surface area contributed by atoms with Crippen LogP contribution >= 0.6 is 0 Å². The van der Waals surface area contributed by atoms with E-state index >= 15 is 0 Å². The summed E-state index contributed by atoms with van der Waals surface area (Å²) >= 11 is 0. The summed E-state index contributed by atoms with van der Waals surface area (Å²) in [6, 6.07) is 11.8. The summed E-state index contributed by atoms with van der Waals surface area (Å²) in [7, 11) is 0. The van der Waals surface area contributed by atoms with Crippen molar-refractivity contribution in [3.8, 4) is 0 Å². The quantitative estimate of drug-likeness (QED) is 0.594. The molecule has 110 valence electrons. The van der Waals surface area contributed by atoms with Crippen LogP contribution in [-0.4, -0.2) is 15.0 Å². The van der Waals surface area contributed by atoms with Crippen LogP contribution in [0.4, 0.5) is 10.1 Å². The van der Waals surface area contributed by atoms with Crippen molar-refractivity contribution in [1.29, 1.82) is 0 Å². The van der Waals surface area contributed by atoms with Gasteiger partial charge in [0.2, 0.25) is 0 Å². The first-order valence-corrected chi connectivity index (χ1v) is 6.53. The average molecular weight is 298 g/mol. The van der Waals surface area contributed by atoms with Gasteiger partial charge in [0, 0.05) is 11.6 Å². The molecule has 6 heteroatoms. The molecule has 0 aliphatic rings. The van der Waals surface area contributed by atoms with Crippen molar-refractivity contribution >= 4 is 16.6 Å². The Bertz CT molecular complexity index is 867. The van der Waals surface area contributed by atoms with Crippen LogP contribution in [0.2, 0.25) is 0 Å². The minimum Gasteiger partial charge on any atom is -0.383 e. The summed E-state index contributed by atoms with van der Waals surface area (Å²) in [6.45, 7) is 0. The van der Waals surface area contributed by atoms with Gasteiger partial charge < -0.3 is 5.11 Å². The number of nitro groups is 1. The molecule has 2 aromatic carbocycles. The molecule has 1 atom stereocenters. The fourth-order valence-corrected chi connectivity index (χ4v) is 2.41. The summed E-state index contributed by atoms with van der Waals surface area (Å²) in [5, 5.41) is 22.4. The lowest BCUT2D eigenvalue weighted by atomic mass is 9.98. The molecule has 0 bridgehead atoms. The van der Waals surface area contributed by atoms with Crippen molar-refractivity contribution in [2.24, 2.45) is 0 Å². The lowest BCUT2D eigenvalue weighted by molar-refractivity contribution is -0.384. The van der Waals surface area contributed by atoms with E-state index in [1.807, 2.05) is 0 Å². The van der Waals surface area contributed by atoms with Crippen LogP contribution < -0.4 is 0 Å². The third kappa shape index (κ3) is 2.40. The minimum absolute atomic E-state index is 0.0850. The lowest BCUT2D eigenvalue weighted by Crippen LogP contribution is -2.05. The number of aliphatic hydroxyl groups is 1. The predicted octanol–water partition coefficient (Wildman–Crippen LogP) is 3.36. The molecule has 0 saturated heterocycles. The Labute approximate surface area is 124 Å². The highest BCUT2D eigenvalue weighted by atomic mass is 19.1. The van der Waals surface area contributed by atoms with Crippen molar-refractivity contribution < 1.29 is 14.4 Å². The van der Waals surface area contributed by atoms with Gasteiger partial charge >= 0.3 is 5.69 Å². The summed E-state index contributed by atoms with van der Waals surface area (Å²) in [6.07, 6.45) is 0.149. The van der Waals surface area contributed by atoms with Crippen LogP contribution in [0.15, 0.2) is 54.7 Å². The van der Waals surface area contributed by atoms with Crippen LogP contribution in [0.25, 0.3) is 10.9 Å². The van der Waals surface area contributed by atoms with E-state index in [0.29, 0.717) is 5.39 Å². The van der Waals surface area contributed by atoms with Gasteiger partial charge in [-0.05, 0) is 29.8 Å². The van der Waals surface area contributed by atoms with Gasteiger partial charge in [0.1, 0.15) is 17.4 Å². The van der Waals surface area contributed by atoms with Gasteiger partial charge in [-0.15, -0.1) is 0 Å². The molecule has 0 aliphatic carbocycles. The van der Waals surface area contributed by atoms with Crippen molar-refractivity contribution in [3.63, 3.8) is 0 Å². The second kappa shape index (κ2) is 5.50. The molecule has 0 saturated carbocycles. The maximum Gasteiger partial charge on any atom is 0.301 e. The Morgan fingerprint density at radius 1 is 1.18 bits per heavy atom. The van der Waals surface area contributed by atoms with E-state index in [1.54, 1.807) is 18.2 Å². The molecule has 22 heavy (non-hydrogen) atoms. The number of benzene rings is 2. The number of hydrogen-bond donors (Lipinski definition) is 1. The highest BCUT2D eigenvalue weighted by Gasteiger charge is 2.25. The third-order valence-corrected chi connectivity index (χ3v) is 3.42. The number of pyridine rings is 1. The fraction of sp³-hybridized carbons (Fsp3) is 0.0625. The average Bonchev–Trinajstić information content (AvgIpc) is 2.52. The Hall–Kier alpha value is -2.86. The van der Waals surface area contributed by atoms with Crippen molar-refractivity contribution in [2.75, 3.05) is 0 Å². The van der Waals surface area contributed by atoms with Gasteiger partial charge in [-0.2, -0.15) is 0 Å². The summed E-state index contributed by atoms with van der Waals surface area (Å²) < 4.78 is 13.3. The molecule has 5 nitrogen and oxygen atoms in total. The third-order valence-electron chi connectivity index (χ3n) is 3.42. The van der Waals surface area contributed by atoms with E-state index in [1.165, 1.54) is 30.5 Å². The van der Waals surface area contributed by atoms with Gasteiger partial charge in [-0.25, -0.2) is 9.37 Å². The first kappa shape index (κ1) is 14.1. The molecule has 0 radical (unpaired) electrons. The number of aromatic nitrogens is 1. The summed E-state index contributed by atoms with van der Waals surface area (Å²) in [5.41, 5.74) is 0.260. The summed E-state index contributed by atoms with van der Waals surface area (Å²) in [5.74, 6) is -0.516. The van der Waals surface area contributed by atoms with E-state index in [9.17, 15) is 19.6 Å². The SMILES string of the molecule is O=[N+]([O-])c1c(C(O)c2cccc(F)c2)ccc2cccnc12. The molecule has 1 aromatic heterocycles. The first-order chi connectivity index (χ1) is 10.6. The zero-order valence-corrected chi connectivity index (χ0v) is 11.3. The van der Waals surface area contributed by atoms with Crippen molar-refractivity contribution in [1.82, 2.24) is 4.98 Å². The predicted molar refractivity (Wildman–Crippen MR) is 78.9 cm³/mol. The number of halogens is 1. The van der Waals surface area contributed by atoms with Gasteiger partial charge in [0.25, 0.3) is 0 Å². The Balaban J connectivity index is 2.22. The molecule has 3 rings (SSSR count). The minimum atomic E-state index is -1.30. The number of nitrogens with zero attached hydrogens (tertiary/aromatic N) is 2. The van der Waals surface area contributed by atoms with E-state index in [4.69, 9.17) is 0 Å². The number of nitro benzene ring substituents is 1. The zero-order valence-electron chi connectivity index (χ0n) is 11.3. The number of rotatable bonds is 3. The van der Waals surface area contributed by atoms with Gasteiger partial charge in [-0.1, -0.05) is 24.3 Å². The van der Waals surface area contributed by atoms with E-state index in [-0.39, 0.29) is 22.3 Å². The van der Waals surface area contributed by atoms with Crippen molar-refractivity contribution in [2.45, 2.75) is 6.10 Å². The number of hydrogen-bond acceptors (Lipinski definition) is 4. The highest BCUT2D eigenvalue weighted by Crippen LogP contribution is 2.34. The molecular formula is C16H11FN2O3. The zero-order chi connectivity index (χ0) is 15.7. The molecule has 0 aliphatic heterocycles. The van der Waals surface area contributed by atoms with Crippen LogP contribution in [0.3, 0.4) is 0 Å². The van der Waals surface area contributed by atoms with E-state index in [2.05, 4.69) is 4.98 Å². The normalized spacial score (nSPS) is 12.3. The van der Waals surface area contributed by atoms with Crippen LogP contribution in [-0.2, 0) is 0 Å². The maximum absolute atomic E-state index is 13.3. The number of fused-ring (bicyclic) bond motifs is 1. The maximum atomic E-state index is 13.3. The summed E-state index contributed by atoms with van der Waals surface area (Å²) in [4.78, 5) is 14.9. The molecule has 1 heterocycles. The Morgan fingerprint density at radius 3 is 2.73 bits per heavy atom. The van der Waals surface area contributed by atoms with E-state index < -0.39 is 16.8 Å². The lowest BCUT2D eigenvalue weighted by Gasteiger charge is -2.13. The van der Waals surface area contributed by atoms with Crippen molar-refractivity contribution in [3.05, 3.63) is 81.8 Å². The molecule has 1 unspecified atom stereocenters. The van der Waals surface area contributed by atoms with Gasteiger partial charge in [0.15, 0.2) is 0 Å². The van der Waals surface area contributed by atoms with Crippen LogP contribution in [0.1, 0.15) is 17.2 Å². The fourth-order valence-electron chi connectivity index (χ4n) is 2.41. The highest BCUT2D eigenvalue weighted by molar-refractivity contribution is 5.88. The molecule has 0 spiro atoms. The Kier molecular flexibility index (Phi) is 3.52. The molecule has 1 N–H and O–H groups in total. The first-order valence-electron chi connectivity index (χ1n) is 6.53. The van der Waals surface area contributed by atoms with Gasteiger partial charge in [0.05, 0.1) is 10.5 Å². The number of aliphatic hydroxyl groups excluding tert-OH is 1. The van der Waals surface area contributed by atoms with E-state index in [0.717, 1.165) is 6.07 Å². The molecular weight excluding hydrogens is 287 g/mol. The Morgan fingerprint density at radius 2 is 2.00 bits per heavy atom. The van der Waals surface area contributed by atoms with Gasteiger partial charge in [-0.3, -0.25) is 10.1 Å². The molecule has 0 fully saturated rings. The smallest absolute Gasteiger partial charge is 0.301 e. The standard InChI is InChI=1S/C16H11FN2O3/c17-12-5-1-3-11(9-12)16(20)13-7-6-10-4-2-8-18-14(10)15(13)19(21)22/h1-9,16,20H. The second-order valence-corrected chi connectivity index (χ2v) is 4.79. The largest absolute Gasteiger partial charge is 0.383 e. The topological polar surface area (TPSA) is 76.3 Å². The molecule has 0 amide bonds. The second-order valence-electron chi connectivity index (χ2n) is 4.79. The molecule has 3 aromatic rings. The monoisotopic (exact) mass is 298 g/mol. The van der Waals surface area contributed by atoms with Crippen LogP contribution in [0.5, 0.6) is 0 Å².